The van der Waals surface area contributed by atoms with Gasteiger partial charge in [-0.2, -0.15) is 0 Å². The van der Waals surface area contributed by atoms with Crippen molar-refractivity contribution in [2.75, 3.05) is 23.0 Å². The van der Waals surface area contributed by atoms with Crippen LogP contribution in [0.4, 0.5) is 17.1 Å². The van der Waals surface area contributed by atoms with Crippen LogP contribution in [0.5, 0.6) is 0 Å². The summed E-state index contributed by atoms with van der Waals surface area (Å²) in [5.74, 6) is 0.628. The normalized spacial score (nSPS) is 15.9. The quantitative estimate of drug-likeness (QED) is 0.822. The third kappa shape index (κ3) is 2.67. The largest absolute Gasteiger partial charge is 0.397 e. The number of hydrogen-bond donors (Lipinski definition) is 2. The molecule has 1 unspecified atom stereocenters. The Bertz CT molecular complexity index is 496. The molecule has 19 heavy (non-hydrogen) atoms. The first-order valence-corrected chi connectivity index (χ1v) is 6.85. The molecule has 0 aromatic heterocycles. The topological polar surface area (TPSA) is 58.4 Å². The van der Waals surface area contributed by atoms with Gasteiger partial charge in [-0.1, -0.05) is 13.8 Å². The van der Waals surface area contributed by atoms with Gasteiger partial charge in [0.15, 0.2) is 0 Å². The highest BCUT2D eigenvalue weighted by Gasteiger charge is 2.20. The van der Waals surface area contributed by atoms with E-state index in [0.29, 0.717) is 18.4 Å². The summed E-state index contributed by atoms with van der Waals surface area (Å²) in [4.78, 5) is 13.6. The van der Waals surface area contributed by atoms with Gasteiger partial charge in [-0.05, 0) is 37.0 Å². The minimum Gasteiger partial charge on any atom is -0.397 e. The Labute approximate surface area is 115 Å². The maximum Gasteiger partial charge on any atom is 0.224 e. The van der Waals surface area contributed by atoms with E-state index in [1.807, 2.05) is 6.07 Å². The van der Waals surface area contributed by atoms with Gasteiger partial charge in [0, 0.05) is 25.2 Å². The molecule has 1 heterocycles. The van der Waals surface area contributed by atoms with Crippen molar-refractivity contribution < 1.29 is 4.79 Å². The summed E-state index contributed by atoms with van der Waals surface area (Å²) in [6.45, 7) is 6.61. The lowest BCUT2D eigenvalue weighted by Gasteiger charge is -2.32. The Hall–Kier alpha value is -1.71. The molecule has 0 radical (unpaired) electrons. The fourth-order valence-corrected chi connectivity index (χ4v) is 2.40. The number of carbonyl (C=O) groups excluding carboxylic acids is 1. The number of amides is 1. The van der Waals surface area contributed by atoms with Gasteiger partial charge in [0.25, 0.3) is 0 Å². The first-order valence-electron chi connectivity index (χ1n) is 6.85. The summed E-state index contributed by atoms with van der Waals surface area (Å²) < 4.78 is 0. The van der Waals surface area contributed by atoms with Gasteiger partial charge in [0.05, 0.1) is 11.4 Å². The van der Waals surface area contributed by atoms with Crippen molar-refractivity contribution >= 4 is 23.0 Å². The van der Waals surface area contributed by atoms with Gasteiger partial charge in [-0.25, -0.2) is 0 Å². The van der Waals surface area contributed by atoms with Crippen LogP contribution >= 0.6 is 0 Å². The van der Waals surface area contributed by atoms with Crippen molar-refractivity contribution in [2.24, 2.45) is 5.92 Å². The molecule has 0 aliphatic carbocycles. The highest BCUT2D eigenvalue weighted by atomic mass is 16.1. The maximum atomic E-state index is 11.4. The number of benzene rings is 1. The Balaban J connectivity index is 2.35. The highest BCUT2D eigenvalue weighted by molar-refractivity contribution is 5.95. The fraction of sp³-hybridized carbons (Fsp3) is 0.533. The minimum absolute atomic E-state index is 0.0727. The fourth-order valence-electron chi connectivity index (χ4n) is 2.40. The van der Waals surface area contributed by atoms with E-state index in [4.69, 9.17) is 5.73 Å². The molecule has 0 saturated carbocycles. The third-order valence-corrected chi connectivity index (χ3v) is 4.10. The number of nitrogens with two attached hydrogens (primary N) is 1. The molecule has 0 saturated heterocycles. The van der Waals surface area contributed by atoms with Crippen molar-refractivity contribution in [3.05, 3.63) is 17.7 Å². The molecule has 2 rings (SSSR count). The molecular formula is C15H23N3O. The molecule has 1 aliphatic heterocycles. The van der Waals surface area contributed by atoms with Crippen LogP contribution in [-0.4, -0.2) is 19.0 Å². The first-order chi connectivity index (χ1) is 8.90. The van der Waals surface area contributed by atoms with Crippen LogP contribution in [0.1, 0.15) is 32.8 Å². The lowest BCUT2D eigenvalue weighted by atomic mass is 9.99. The van der Waals surface area contributed by atoms with Crippen LogP contribution in [0, 0.1) is 5.92 Å². The van der Waals surface area contributed by atoms with Crippen molar-refractivity contribution in [1.82, 2.24) is 0 Å². The van der Waals surface area contributed by atoms with E-state index >= 15 is 0 Å². The molecule has 0 spiro atoms. The summed E-state index contributed by atoms with van der Waals surface area (Å²) in [7, 11) is 2.07. The number of aryl methyl sites for hydroxylation is 1. The summed E-state index contributed by atoms with van der Waals surface area (Å²) in [5.41, 5.74) is 9.94. The van der Waals surface area contributed by atoms with Gasteiger partial charge in [-0.3, -0.25) is 4.79 Å². The Morgan fingerprint density at radius 3 is 2.58 bits per heavy atom. The summed E-state index contributed by atoms with van der Waals surface area (Å²) >= 11 is 0. The lowest BCUT2D eigenvalue weighted by molar-refractivity contribution is -0.116. The smallest absolute Gasteiger partial charge is 0.224 e. The molecule has 104 valence electrons. The van der Waals surface area contributed by atoms with Crippen molar-refractivity contribution in [3.63, 3.8) is 0 Å². The molecule has 0 bridgehead atoms. The molecule has 1 aliphatic rings. The molecule has 0 fully saturated rings. The van der Waals surface area contributed by atoms with Crippen molar-refractivity contribution in [1.29, 1.82) is 0 Å². The molecule has 1 amide bonds. The lowest BCUT2D eigenvalue weighted by Crippen LogP contribution is -2.34. The predicted molar refractivity (Wildman–Crippen MR) is 80.5 cm³/mol. The van der Waals surface area contributed by atoms with E-state index in [1.54, 1.807) is 0 Å². The average Bonchev–Trinajstić information content (AvgIpc) is 2.36. The van der Waals surface area contributed by atoms with Gasteiger partial charge in [-0.15, -0.1) is 0 Å². The molecule has 1 aromatic rings. The number of anilines is 3. The second kappa shape index (κ2) is 5.11. The van der Waals surface area contributed by atoms with Crippen LogP contribution in [0.15, 0.2) is 12.1 Å². The SMILES string of the molecule is CC(C)C(C)N(C)c1cc2c(cc1N)NC(=O)CC2. The summed E-state index contributed by atoms with van der Waals surface area (Å²) in [6, 6.07) is 4.41. The van der Waals surface area contributed by atoms with Crippen molar-refractivity contribution in [3.8, 4) is 0 Å². The van der Waals surface area contributed by atoms with Gasteiger partial charge in [0.2, 0.25) is 5.91 Å². The van der Waals surface area contributed by atoms with E-state index in [9.17, 15) is 4.79 Å². The van der Waals surface area contributed by atoms with E-state index in [-0.39, 0.29) is 5.91 Å². The van der Waals surface area contributed by atoms with E-state index in [0.717, 1.165) is 23.5 Å². The van der Waals surface area contributed by atoms with Crippen LogP contribution in [0.3, 0.4) is 0 Å². The number of nitrogens with one attached hydrogen (secondary N) is 1. The standard InChI is InChI=1S/C15H23N3O/c1-9(2)10(3)18(4)14-7-11-5-6-15(19)17-13(11)8-12(14)16/h7-10H,5-6,16H2,1-4H3,(H,17,19). The van der Waals surface area contributed by atoms with Crippen LogP contribution in [-0.2, 0) is 11.2 Å². The maximum absolute atomic E-state index is 11.4. The van der Waals surface area contributed by atoms with E-state index in [1.165, 1.54) is 5.56 Å². The average molecular weight is 261 g/mol. The summed E-state index contributed by atoms with van der Waals surface area (Å²) in [5, 5.41) is 2.88. The zero-order valence-corrected chi connectivity index (χ0v) is 12.2. The highest BCUT2D eigenvalue weighted by Crippen LogP contribution is 2.34. The number of nitrogen functional groups attached to an aromatic ring is 1. The number of fused-ring (bicyclic) bond motifs is 1. The second-order valence-electron chi connectivity index (χ2n) is 5.71. The third-order valence-electron chi connectivity index (χ3n) is 4.10. The Morgan fingerprint density at radius 2 is 1.95 bits per heavy atom. The zero-order valence-electron chi connectivity index (χ0n) is 12.2. The van der Waals surface area contributed by atoms with Gasteiger partial charge < -0.3 is 16.0 Å². The van der Waals surface area contributed by atoms with Gasteiger partial charge in [0.1, 0.15) is 0 Å². The Morgan fingerprint density at radius 1 is 1.26 bits per heavy atom. The second-order valence-corrected chi connectivity index (χ2v) is 5.71. The summed E-state index contributed by atoms with van der Waals surface area (Å²) in [6.07, 6.45) is 1.35. The van der Waals surface area contributed by atoms with Crippen LogP contribution in [0.25, 0.3) is 0 Å². The molecule has 3 N–H and O–H groups in total. The number of carbonyl (C=O) groups is 1. The number of nitrogens with zero attached hydrogens (tertiary/aromatic N) is 1. The molecular weight excluding hydrogens is 238 g/mol. The van der Waals surface area contributed by atoms with E-state index in [2.05, 4.69) is 44.1 Å². The van der Waals surface area contributed by atoms with Crippen LogP contribution < -0.4 is 16.0 Å². The van der Waals surface area contributed by atoms with Crippen molar-refractivity contribution in [2.45, 2.75) is 39.7 Å². The van der Waals surface area contributed by atoms with Gasteiger partial charge >= 0.3 is 0 Å². The van der Waals surface area contributed by atoms with E-state index < -0.39 is 0 Å². The number of rotatable bonds is 3. The molecule has 4 heteroatoms. The molecule has 4 nitrogen and oxygen atoms in total. The minimum atomic E-state index is 0.0727. The van der Waals surface area contributed by atoms with Crippen LogP contribution in [0.2, 0.25) is 0 Å². The monoisotopic (exact) mass is 261 g/mol. The first kappa shape index (κ1) is 13.7. The predicted octanol–water partition coefficient (Wildman–Crippen LogP) is 2.63. The molecule has 1 atom stereocenters. The Kier molecular flexibility index (Phi) is 3.69. The zero-order chi connectivity index (χ0) is 14.2. The number of hydrogen-bond acceptors (Lipinski definition) is 3. The molecule has 1 aromatic carbocycles.